The van der Waals surface area contributed by atoms with Crippen molar-refractivity contribution in [2.45, 2.75) is 19.0 Å². The highest BCUT2D eigenvalue weighted by Gasteiger charge is 2.30. The maximum atomic E-state index is 12.7. The fraction of sp³-hybridized carbons (Fsp3) is 0.190. The van der Waals surface area contributed by atoms with Crippen molar-refractivity contribution in [1.82, 2.24) is 10.3 Å². The molecule has 1 heterocycles. The fourth-order valence-corrected chi connectivity index (χ4v) is 3.26. The van der Waals surface area contributed by atoms with Crippen molar-refractivity contribution < 1.29 is 22.8 Å². The van der Waals surface area contributed by atoms with Gasteiger partial charge in [-0.15, -0.1) is 11.3 Å². The average molecular weight is 433 g/mol. The Morgan fingerprint density at radius 3 is 2.47 bits per heavy atom. The lowest BCUT2D eigenvalue weighted by molar-refractivity contribution is -0.137. The van der Waals surface area contributed by atoms with Gasteiger partial charge in [0.05, 0.1) is 17.5 Å². The Morgan fingerprint density at radius 2 is 1.80 bits per heavy atom. The van der Waals surface area contributed by atoms with E-state index in [1.807, 2.05) is 0 Å². The Morgan fingerprint density at radius 1 is 1.03 bits per heavy atom. The molecule has 0 aliphatic carbocycles. The lowest BCUT2D eigenvalue weighted by atomic mass is 10.1. The summed E-state index contributed by atoms with van der Waals surface area (Å²) in [7, 11) is 0. The molecular weight excluding hydrogens is 415 g/mol. The molecule has 1 aromatic heterocycles. The predicted octanol–water partition coefficient (Wildman–Crippen LogP) is 4.32. The maximum absolute atomic E-state index is 12.7. The summed E-state index contributed by atoms with van der Waals surface area (Å²) in [5.41, 5.74) is 3.05. The molecule has 0 atom stereocenters. The van der Waals surface area contributed by atoms with Crippen LogP contribution in [0.1, 0.15) is 27.2 Å². The van der Waals surface area contributed by atoms with Gasteiger partial charge in [0.25, 0.3) is 5.91 Å². The first-order valence-electron chi connectivity index (χ1n) is 9.02. The monoisotopic (exact) mass is 433 g/mol. The van der Waals surface area contributed by atoms with Crippen LogP contribution in [-0.4, -0.2) is 23.3 Å². The minimum atomic E-state index is -4.38. The zero-order valence-corrected chi connectivity index (χ0v) is 16.5. The number of nitrogens with zero attached hydrogens (tertiary/aromatic N) is 1. The van der Waals surface area contributed by atoms with Gasteiger partial charge in [0.1, 0.15) is 5.69 Å². The quantitative estimate of drug-likeness (QED) is 0.583. The van der Waals surface area contributed by atoms with E-state index in [0.717, 1.165) is 17.7 Å². The molecule has 30 heavy (non-hydrogen) atoms. The van der Waals surface area contributed by atoms with E-state index in [0.29, 0.717) is 23.4 Å². The van der Waals surface area contributed by atoms with E-state index in [1.54, 1.807) is 41.2 Å². The lowest BCUT2D eigenvalue weighted by Crippen LogP contribution is -2.27. The van der Waals surface area contributed by atoms with Gasteiger partial charge in [-0.25, -0.2) is 4.98 Å². The van der Waals surface area contributed by atoms with Crippen LogP contribution in [0.5, 0.6) is 0 Å². The maximum Gasteiger partial charge on any atom is 0.416 e. The van der Waals surface area contributed by atoms with Crippen LogP contribution in [0.25, 0.3) is 0 Å². The number of aromatic nitrogens is 1. The predicted molar refractivity (Wildman–Crippen MR) is 108 cm³/mol. The highest BCUT2D eigenvalue weighted by Crippen LogP contribution is 2.29. The van der Waals surface area contributed by atoms with Gasteiger partial charge in [-0.05, 0) is 35.7 Å². The summed E-state index contributed by atoms with van der Waals surface area (Å²) >= 11 is 1.33. The molecule has 0 saturated heterocycles. The summed E-state index contributed by atoms with van der Waals surface area (Å²) in [6.45, 7) is 0.238. The van der Waals surface area contributed by atoms with Crippen molar-refractivity contribution in [3.63, 3.8) is 0 Å². The van der Waals surface area contributed by atoms with Gasteiger partial charge in [-0.3, -0.25) is 9.59 Å². The van der Waals surface area contributed by atoms with E-state index >= 15 is 0 Å². The first-order chi connectivity index (χ1) is 14.3. The molecule has 3 rings (SSSR count). The molecule has 9 heteroatoms. The summed E-state index contributed by atoms with van der Waals surface area (Å²) in [5.74, 6) is -0.544. The van der Waals surface area contributed by atoms with E-state index in [1.165, 1.54) is 17.4 Å². The minimum Gasteiger partial charge on any atom is -0.355 e. The van der Waals surface area contributed by atoms with E-state index < -0.39 is 11.7 Å². The Bertz CT molecular complexity index is 1000. The summed E-state index contributed by atoms with van der Waals surface area (Å²) in [6, 6.07) is 11.9. The zero-order valence-electron chi connectivity index (χ0n) is 15.7. The number of alkyl halides is 3. The average Bonchev–Trinajstić information content (AvgIpc) is 3.24. The molecule has 3 aromatic rings. The van der Waals surface area contributed by atoms with Crippen molar-refractivity contribution in [3.8, 4) is 0 Å². The largest absolute Gasteiger partial charge is 0.416 e. The number of rotatable bonds is 7. The number of amides is 2. The van der Waals surface area contributed by atoms with Crippen molar-refractivity contribution >= 4 is 28.8 Å². The van der Waals surface area contributed by atoms with E-state index in [9.17, 15) is 22.8 Å². The van der Waals surface area contributed by atoms with Crippen molar-refractivity contribution in [2.75, 3.05) is 11.9 Å². The Labute approximate surface area is 175 Å². The van der Waals surface area contributed by atoms with Crippen LogP contribution in [-0.2, 0) is 23.8 Å². The first-order valence-corrected chi connectivity index (χ1v) is 9.97. The third kappa shape index (κ3) is 6.15. The highest BCUT2D eigenvalue weighted by atomic mass is 32.1. The van der Waals surface area contributed by atoms with Crippen LogP contribution in [0.3, 0.4) is 0 Å². The number of thiazole rings is 1. The molecule has 2 aromatic carbocycles. The minimum absolute atomic E-state index is 0.128. The second kappa shape index (κ2) is 9.53. The van der Waals surface area contributed by atoms with Crippen LogP contribution >= 0.6 is 11.3 Å². The topological polar surface area (TPSA) is 71.1 Å². The standard InChI is InChI=1S/C21H18F3N3O2S/c22-21(23,24)16-3-1-2-14(10-16)8-9-25-19(28)11-15-4-6-17(7-5-15)27-20(29)18-12-30-13-26-18/h1-7,10,12-13H,8-9,11H2,(H,25,28)(H,27,29). The van der Waals surface area contributed by atoms with Crippen LogP contribution in [0, 0.1) is 0 Å². The van der Waals surface area contributed by atoms with E-state index in [2.05, 4.69) is 15.6 Å². The highest BCUT2D eigenvalue weighted by molar-refractivity contribution is 7.07. The first kappa shape index (κ1) is 21.5. The summed E-state index contributed by atoms with van der Waals surface area (Å²) in [6.07, 6.45) is -3.95. The Balaban J connectivity index is 1.45. The molecule has 156 valence electrons. The third-order valence-corrected chi connectivity index (χ3v) is 4.82. The third-order valence-electron chi connectivity index (χ3n) is 4.23. The van der Waals surface area contributed by atoms with Gasteiger partial charge in [0.2, 0.25) is 5.91 Å². The number of hydrogen-bond acceptors (Lipinski definition) is 4. The van der Waals surface area contributed by atoms with Gasteiger partial charge in [-0.2, -0.15) is 13.2 Å². The summed E-state index contributed by atoms with van der Waals surface area (Å²) < 4.78 is 38.2. The molecule has 0 saturated carbocycles. The number of carbonyl (C=O) groups is 2. The number of nitrogens with one attached hydrogen (secondary N) is 2. The van der Waals surface area contributed by atoms with Gasteiger partial charge in [0.15, 0.2) is 0 Å². The molecule has 2 N–H and O–H groups in total. The molecule has 0 fully saturated rings. The van der Waals surface area contributed by atoms with Crippen molar-refractivity contribution in [1.29, 1.82) is 0 Å². The van der Waals surface area contributed by atoms with Gasteiger partial charge < -0.3 is 10.6 Å². The number of carbonyl (C=O) groups excluding carboxylic acids is 2. The molecular formula is C21H18F3N3O2S. The van der Waals surface area contributed by atoms with Crippen LogP contribution in [0.15, 0.2) is 59.4 Å². The van der Waals surface area contributed by atoms with E-state index in [-0.39, 0.29) is 24.8 Å². The number of halogens is 3. The molecule has 5 nitrogen and oxygen atoms in total. The fourth-order valence-electron chi connectivity index (χ4n) is 2.72. The van der Waals surface area contributed by atoms with Crippen LogP contribution in [0.2, 0.25) is 0 Å². The summed E-state index contributed by atoms with van der Waals surface area (Å²) in [5, 5.41) is 7.07. The van der Waals surface area contributed by atoms with Crippen LogP contribution < -0.4 is 10.6 Å². The van der Waals surface area contributed by atoms with E-state index in [4.69, 9.17) is 0 Å². The molecule has 0 aliphatic heterocycles. The molecule has 0 aliphatic rings. The number of hydrogen-bond donors (Lipinski definition) is 2. The molecule has 0 bridgehead atoms. The van der Waals surface area contributed by atoms with Gasteiger partial charge >= 0.3 is 6.18 Å². The normalized spacial score (nSPS) is 11.2. The lowest BCUT2D eigenvalue weighted by Gasteiger charge is -2.10. The molecule has 0 spiro atoms. The molecule has 0 radical (unpaired) electrons. The second-order valence-electron chi connectivity index (χ2n) is 6.50. The second-order valence-corrected chi connectivity index (χ2v) is 7.22. The molecule has 2 amide bonds. The van der Waals surface area contributed by atoms with Crippen LogP contribution in [0.4, 0.5) is 18.9 Å². The number of benzene rings is 2. The SMILES string of the molecule is O=C(Cc1ccc(NC(=O)c2cscn2)cc1)NCCc1cccc(C(F)(F)F)c1. The van der Waals surface area contributed by atoms with Gasteiger partial charge in [0, 0.05) is 17.6 Å². The zero-order chi connectivity index (χ0) is 21.6. The van der Waals surface area contributed by atoms with Gasteiger partial charge in [-0.1, -0.05) is 30.3 Å². The molecule has 0 unspecified atom stereocenters. The smallest absolute Gasteiger partial charge is 0.355 e. The Hall–Kier alpha value is -3.20. The summed E-state index contributed by atoms with van der Waals surface area (Å²) in [4.78, 5) is 28.0. The Kier molecular flexibility index (Phi) is 6.83. The van der Waals surface area contributed by atoms with Crippen molar-refractivity contribution in [3.05, 3.63) is 81.8 Å². The number of anilines is 1. The van der Waals surface area contributed by atoms with Crippen molar-refractivity contribution in [2.24, 2.45) is 0 Å².